The van der Waals surface area contributed by atoms with E-state index in [0.29, 0.717) is 52.4 Å². The van der Waals surface area contributed by atoms with Crippen LogP contribution in [0.3, 0.4) is 0 Å². The van der Waals surface area contributed by atoms with Gasteiger partial charge in [-0.3, -0.25) is 14.4 Å². The van der Waals surface area contributed by atoms with Gasteiger partial charge in [0.1, 0.15) is 5.69 Å². The van der Waals surface area contributed by atoms with Crippen LogP contribution in [0.25, 0.3) is 22.2 Å². The van der Waals surface area contributed by atoms with E-state index in [1.54, 1.807) is 37.5 Å². The number of aromatic nitrogens is 4. The number of halogens is 1. The predicted octanol–water partition coefficient (Wildman–Crippen LogP) is 5.37. The number of benzene rings is 1. The summed E-state index contributed by atoms with van der Waals surface area (Å²) in [5.41, 5.74) is 2.39. The number of carbonyl (C=O) groups is 2. The number of imidazole rings is 1. The number of ether oxygens (including phenoxy) is 2. The van der Waals surface area contributed by atoms with E-state index < -0.39 is 11.9 Å². The molecule has 38 heavy (non-hydrogen) atoms. The first-order valence-corrected chi connectivity index (χ1v) is 13.0. The van der Waals surface area contributed by atoms with Gasteiger partial charge in [-0.25, -0.2) is 9.78 Å². The summed E-state index contributed by atoms with van der Waals surface area (Å²) in [6.45, 7) is 4.46. The summed E-state index contributed by atoms with van der Waals surface area (Å²) in [4.78, 5) is 33.4. The molecule has 4 aromatic rings. The molecule has 3 aromatic heterocycles. The summed E-state index contributed by atoms with van der Waals surface area (Å²) in [5.74, 6) is -0.409. The van der Waals surface area contributed by atoms with Crippen molar-refractivity contribution in [1.29, 1.82) is 0 Å². The van der Waals surface area contributed by atoms with Gasteiger partial charge in [0.2, 0.25) is 5.78 Å². The quantitative estimate of drug-likeness (QED) is 0.291. The molecule has 10 nitrogen and oxygen atoms in total. The van der Waals surface area contributed by atoms with Crippen LogP contribution >= 0.6 is 11.6 Å². The molecule has 2 atom stereocenters. The zero-order valence-corrected chi connectivity index (χ0v) is 22.6. The molecule has 1 aromatic carbocycles. The lowest BCUT2D eigenvalue weighted by molar-refractivity contribution is 0.00468. The molecule has 5 rings (SSSR count). The number of rotatable bonds is 7. The lowest BCUT2D eigenvalue weighted by Crippen LogP contribution is -2.46. The van der Waals surface area contributed by atoms with Crippen molar-refractivity contribution in [2.45, 2.75) is 45.3 Å². The molecule has 1 fully saturated rings. The molecule has 0 aliphatic carbocycles. The summed E-state index contributed by atoms with van der Waals surface area (Å²) < 4.78 is 21.0. The molecule has 1 saturated heterocycles. The van der Waals surface area contributed by atoms with Gasteiger partial charge in [0.05, 0.1) is 41.5 Å². The average molecular weight is 540 g/mol. The fraction of sp³-hybridized carbons (Fsp3) is 0.407. The molecule has 4 heterocycles. The Hall–Kier alpha value is -3.63. The minimum absolute atomic E-state index is 0.000615. The second-order valence-corrected chi connectivity index (χ2v) is 9.83. The molecule has 0 saturated carbocycles. The average Bonchev–Trinajstić information content (AvgIpc) is 3.63. The Morgan fingerprint density at radius 1 is 1.24 bits per heavy atom. The summed E-state index contributed by atoms with van der Waals surface area (Å²) in [6, 6.07) is 3.32. The highest BCUT2D eigenvalue weighted by molar-refractivity contribution is 6.36. The fourth-order valence-electron chi connectivity index (χ4n) is 4.91. The number of nitrogens with zero attached hydrogens (tertiary/aromatic N) is 5. The Kier molecular flexibility index (Phi) is 7.27. The normalized spacial score (nSPS) is 17.6. The highest BCUT2D eigenvalue weighted by Gasteiger charge is 2.38. The van der Waals surface area contributed by atoms with Gasteiger partial charge in [0.25, 0.3) is 0 Å². The zero-order chi connectivity index (χ0) is 27.0. The number of hydrogen-bond donors (Lipinski definition) is 0. The fourth-order valence-corrected chi connectivity index (χ4v) is 5.17. The third-order valence-corrected chi connectivity index (χ3v) is 7.04. The van der Waals surface area contributed by atoms with Crippen LogP contribution in [0.2, 0.25) is 5.02 Å². The van der Waals surface area contributed by atoms with Gasteiger partial charge in [-0.1, -0.05) is 18.5 Å². The van der Waals surface area contributed by atoms with Crippen LogP contribution in [0.5, 0.6) is 0 Å². The van der Waals surface area contributed by atoms with Gasteiger partial charge < -0.3 is 18.5 Å². The maximum absolute atomic E-state index is 13.8. The van der Waals surface area contributed by atoms with Crippen molar-refractivity contribution in [2.75, 3.05) is 18.1 Å². The molecule has 1 aliphatic heterocycles. The summed E-state index contributed by atoms with van der Waals surface area (Å²) in [5, 5.41) is 4.97. The van der Waals surface area contributed by atoms with E-state index in [1.807, 2.05) is 30.8 Å². The van der Waals surface area contributed by atoms with Crippen molar-refractivity contribution in [3.63, 3.8) is 0 Å². The number of carbonyl (C=O) groups excluding carboxylic acids is 2. The lowest BCUT2D eigenvalue weighted by atomic mass is 9.98. The van der Waals surface area contributed by atoms with E-state index in [0.717, 1.165) is 12.0 Å². The maximum atomic E-state index is 13.8. The van der Waals surface area contributed by atoms with Crippen LogP contribution in [0, 0.1) is 0 Å². The summed E-state index contributed by atoms with van der Waals surface area (Å²) >= 11 is 6.73. The van der Waals surface area contributed by atoms with Crippen molar-refractivity contribution in [2.24, 2.45) is 14.1 Å². The molecule has 0 unspecified atom stereocenters. The highest BCUT2D eigenvalue weighted by atomic mass is 35.5. The monoisotopic (exact) mass is 539 g/mol. The Labute approximate surface area is 225 Å². The van der Waals surface area contributed by atoms with Crippen molar-refractivity contribution < 1.29 is 23.5 Å². The van der Waals surface area contributed by atoms with Crippen LogP contribution < -0.4 is 4.90 Å². The Balaban J connectivity index is 1.76. The van der Waals surface area contributed by atoms with Crippen LogP contribution in [0.4, 0.5) is 10.5 Å². The molecule has 0 spiro atoms. The molecule has 1 amide bonds. The molecular weight excluding hydrogens is 510 g/mol. The van der Waals surface area contributed by atoms with Crippen molar-refractivity contribution >= 4 is 40.1 Å². The molecule has 0 N–H and O–H groups in total. The van der Waals surface area contributed by atoms with Crippen molar-refractivity contribution in [3.05, 3.63) is 53.4 Å². The van der Waals surface area contributed by atoms with Crippen LogP contribution in [-0.2, 0) is 23.6 Å². The third-order valence-electron chi connectivity index (χ3n) is 6.76. The topological polar surface area (TPSA) is 105 Å². The first-order chi connectivity index (χ1) is 18.3. The number of anilines is 1. The number of furan rings is 1. The lowest BCUT2D eigenvalue weighted by Gasteiger charge is -2.36. The first-order valence-electron chi connectivity index (χ1n) is 12.7. The van der Waals surface area contributed by atoms with Crippen LogP contribution in [-0.4, -0.2) is 56.6 Å². The van der Waals surface area contributed by atoms with E-state index in [4.69, 9.17) is 25.5 Å². The second-order valence-electron chi connectivity index (χ2n) is 9.42. The van der Waals surface area contributed by atoms with Crippen LogP contribution in [0.15, 0.2) is 41.5 Å². The Morgan fingerprint density at radius 3 is 2.71 bits per heavy atom. The largest absolute Gasteiger partial charge is 0.449 e. The van der Waals surface area contributed by atoms with Gasteiger partial charge >= 0.3 is 6.09 Å². The molecule has 1 aliphatic rings. The van der Waals surface area contributed by atoms with E-state index in [9.17, 15) is 9.59 Å². The van der Waals surface area contributed by atoms with Gasteiger partial charge in [-0.2, -0.15) is 5.10 Å². The summed E-state index contributed by atoms with van der Waals surface area (Å²) in [6.07, 6.45) is 8.03. The van der Waals surface area contributed by atoms with Gasteiger partial charge in [0.15, 0.2) is 11.3 Å². The van der Waals surface area contributed by atoms with E-state index >= 15 is 0 Å². The SMILES string of the molecule is CCOC(=O)N(c1c(C(=O)c2cnn(C)c2)oc2c(Cl)cc(-c3cn(C)cn3)cc12)[C@H]1CCO[C@@H](CC)C1. The maximum Gasteiger partial charge on any atom is 0.414 e. The number of aryl methyl sites for hydroxylation is 2. The first kappa shape index (κ1) is 26.0. The van der Waals surface area contributed by atoms with Gasteiger partial charge in [-0.05, 0) is 38.3 Å². The molecular formula is C27H30ClN5O5. The Morgan fingerprint density at radius 2 is 2.05 bits per heavy atom. The number of hydrogen-bond acceptors (Lipinski definition) is 7. The minimum atomic E-state index is -0.559. The van der Waals surface area contributed by atoms with Gasteiger partial charge in [0, 0.05) is 50.1 Å². The number of ketones is 1. The highest BCUT2D eigenvalue weighted by Crippen LogP contribution is 2.43. The second kappa shape index (κ2) is 10.6. The summed E-state index contributed by atoms with van der Waals surface area (Å²) in [7, 11) is 3.60. The van der Waals surface area contributed by atoms with Crippen molar-refractivity contribution in [1.82, 2.24) is 19.3 Å². The molecule has 200 valence electrons. The smallest absolute Gasteiger partial charge is 0.414 e. The number of amides is 1. The zero-order valence-electron chi connectivity index (χ0n) is 21.8. The van der Waals surface area contributed by atoms with E-state index in [2.05, 4.69) is 10.1 Å². The van der Waals surface area contributed by atoms with Gasteiger partial charge in [-0.15, -0.1) is 0 Å². The predicted molar refractivity (Wildman–Crippen MR) is 143 cm³/mol. The Bertz CT molecular complexity index is 1490. The molecule has 0 radical (unpaired) electrons. The minimum Gasteiger partial charge on any atom is -0.449 e. The van der Waals surface area contributed by atoms with Crippen molar-refractivity contribution in [3.8, 4) is 11.3 Å². The van der Waals surface area contributed by atoms with E-state index in [-0.39, 0.29) is 24.5 Å². The number of fused-ring (bicyclic) bond motifs is 1. The molecule has 0 bridgehead atoms. The van der Waals surface area contributed by atoms with E-state index in [1.165, 1.54) is 10.9 Å². The standard InChI is InChI=1S/C27H30ClN5O5/c1-5-19-11-18(7-8-37-19)33(27(35)36-6-2)23-20-9-16(22-14-31(3)15-29-22)10-21(28)25(20)38-26(23)24(34)17-12-30-32(4)13-17/h9-10,12-15,18-19H,5-8,11H2,1-4H3/t18-,19-/m0/s1. The molecule has 11 heteroatoms. The third kappa shape index (κ3) is 4.81. The van der Waals surface area contributed by atoms with Crippen LogP contribution in [0.1, 0.15) is 49.2 Å².